The van der Waals surface area contributed by atoms with Crippen LogP contribution in [-0.4, -0.2) is 28.7 Å². The molecule has 0 fully saturated rings. The largest absolute Gasteiger partial charge is 0.335 e. The van der Waals surface area contributed by atoms with Crippen molar-refractivity contribution in [3.05, 3.63) is 32.9 Å². The second-order valence-corrected chi connectivity index (χ2v) is 6.47. The Morgan fingerprint density at radius 2 is 2.00 bits per heavy atom. The zero-order valence-corrected chi connectivity index (χ0v) is 15.5. The molecule has 0 radical (unpaired) electrons. The number of aryl methyl sites for hydroxylation is 1. The van der Waals surface area contributed by atoms with E-state index in [1.165, 1.54) is 0 Å². The number of hydrogen-bond donors (Lipinski definition) is 0. The third-order valence-corrected chi connectivity index (χ3v) is 5.18. The van der Waals surface area contributed by atoms with E-state index in [1.807, 2.05) is 30.0 Å². The fourth-order valence-corrected chi connectivity index (χ4v) is 3.21. The smallest absolute Gasteiger partial charge is 0.255 e. The van der Waals surface area contributed by atoms with Crippen LogP contribution in [0.5, 0.6) is 0 Å². The molecule has 106 valence electrons. The van der Waals surface area contributed by atoms with Gasteiger partial charge < -0.3 is 4.90 Å². The summed E-state index contributed by atoms with van der Waals surface area (Å²) >= 11 is 5.73. The first kappa shape index (κ1) is 17.0. The summed E-state index contributed by atoms with van der Waals surface area (Å²) in [5.74, 6) is 0.154. The van der Waals surface area contributed by atoms with Crippen LogP contribution in [0, 0.1) is 10.5 Å². The molecule has 2 nitrogen and oxygen atoms in total. The lowest BCUT2D eigenvalue weighted by Gasteiger charge is -2.30. The molecule has 19 heavy (non-hydrogen) atoms. The number of alkyl halides is 1. The number of halogens is 2. The van der Waals surface area contributed by atoms with Gasteiger partial charge in [0.05, 0.1) is 5.56 Å². The predicted molar refractivity (Wildman–Crippen MR) is 93.1 cm³/mol. The maximum atomic E-state index is 12.8. The van der Waals surface area contributed by atoms with Gasteiger partial charge in [0.15, 0.2) is 0 Å². The molecule has 0 aliphatic carbocycles. The van der Waals surface area contributed by atoms with Crippen molar-refractivity contribution in [2.45, 2.75) is 39.7 Å². The standard InChI is InChI=1S/C15H21BrINO/c1-4-12(5-2)18(10-9-16)15(19)13-8-6-7-11(3)14(13)17/h6-8,12H,4-5,9-10H2,1-3H3. The van der Waals surface area contributed by atoms with Crippen molar-refractivity contribution in [3.63, 3.8) is 0 Å². The third kappa shape index (κ3) is 4.18. The molecule has 4 heteroatoms. The van der Waals surface area contributed by atoms with E-state index in [1.54, 1.807) is 0 Å². The molecule has 0 bridgehead atoms. The van der Waals surface area contributed by atoms with Crippen molar-refractivity contribution in [1.82, 2.24) is 4.90 Å². The first-order valence-electron chi connectivity index (χ1n) is 6.68. The molecule has 0 saturated heterocycles. The fraction of sp³-hybridized carbons (Fsp3) is 0.533. The average Bonchev–Trinajstić information content (AvgIpc) is 2.41. The summed E-state index contributed by atoms with van der Waals surface area (Å²) in [5, 5.41) is 0.817. The molecule has 0 aromatic heterocycles. The zero-order valence-electron chi connectivity index (χ0n) is 11.7. The molecule has 0 heterocycles. The van der Waals surface area contributed by atoms with Gasteiger partial charge in [-0.15, -0.1) is 0 Å². The quantitative estimate of drug-likeness (QED) is 0.469. The topological polar surface area (TPSA) is 20.3 Å². The van der Waals surface area contributed by atoms with Crippen molar-refractivity contribution in [1.29, 1.82) is 0 Å². The molecule has 0 aliphatic heterocycles. The Balaban J connectivity index is 3.08. The van der Waals surface area contributed by atoms with Gasteiger partial charge in [0.1, 0.15) is 0 Å². The highest BCUT2D eigenvalue weighted by atomic mass is 127. The van der Waals surface area contributed by atoms with Crippen molar-refractivity contribution < 1.29 is 4.79 Å². The van der Waals surface area contributed by atoms with Crippen molar-refractivity contribution in [2.75, 3.05) is 11.9 Å². The molecular formula is C15H21BrINO. The van der Waals surface area contributed by atoms with Gasteiger partial charge in [0.25, 0.3) is 5.91 Å². The van der Waals surface area contributed by atoms with Crippen LogP contribution in [0.2, 0.25) is 0 Å². The highest BCUT2D eigenvalue weighted by Gasteiger charge is 2.23. The lowest BCUT2D eigenvalue weighted by atomic mass is 10.1. The number of benzene rings is 1. The van der Waals surface area contributed by atoms with E-state index in [9.17, 15) is 4.79 Å². The van der Waals surface area contributed by atoms with Crippen molar-refractivity contribution in [2.24, 2.45) is 0 Å². The Morgan fingerprint density at radius 1 is 1.37 bits per heavy atom. The van der Waals surface area contributed by atoms with Crippen LogP contribution in [0.25, 0.3) is 0 Å². The monoisotopic (exact) mass is 437 g/mol. The number of hydrogen-bond acceptors (Lipinski definition) is 1. The molecule has 0 saturated carbocycles. The summed E-state index contributed by atoms with van der Waals surface area (Å²) in [7, 11) is 0. The molecule has 0 N–H and O–H groups in total. The number of carbonyl (C=O) groups excluding carboxylic acids is 1. The van der Waals surface area contributed by atoms with Crippen LogP contribution in [-0.2, 0) is 0 Å². The Labute approximate surface area is 138 Å². The van der Waals surface area contributed by atoms with E-state index in [2.05, 4.69) is 52.4 Å². The number of carbonyl (C=O) groups is 1. The maximum Gasteiger partial charge on any atom is 0.255 e. The normalized spacial score (nSPS) is 10.8. The van der Waals surface area contributed by atoms with E-state index < -0.39 is 0 Å². The first-order chi connectivity index (χ1) is 9.06. The Kier molecular flexibility index (Phi) is 7.36. The van der Waals surface area contributed by atoms with Crippen LogP contribution in [0.4, 0.5) is 0 Å². The molecule has 1 aromatic carbocycles. The third-order valence-electron chi connectivity index (χ3n) is 3.39. The van der Waals surface area contributed by atoms with E-state index in [-0.39, 0.29) is 5.91 Å². The van der Waals surface area contributed by atoms with Crippen LogP contribution < -0.4 is 0 Å². The van der Waals surface area contributed by atoms with Gasteiger partial charge in [-0.25, -0.2) is 0 Å². The highest BCUT2D eigenvalue weighted by Crippen LogP contribution is 2.21. The van der Waals surface area contributed by atoms with Gasteiger partial charge in [-0.3, -0.25) is 4.79 Å². The second-order valence-electron chi connectivity index (χ2n) is 4.59. The Hall–Kier alpha value is -0.100. The maximum absolute atomic E-state index is 12.8. The van der Waals surface area contributed by atoms with E-state index in [0.717, 1.165) is 39.4 Å². The second kappa shape index (κ2) is 8.25. The molecule has 0 spiro atoms. The average molecular weight is 438 g/mol. The van der Waals surface area contributed by atoms with Gasteiger partial charge in [-0.1, -0.05) is 41.9 Å². The minimum absolute atomic E-state index is 0.154. The van der Waals surface area contributed by atoms with Gasteiger partial charge in [-0.2, -0.15) is 0 Å². The SMILES string of the molecule is CCC(CC)N(CCBr)C(=O)c1cccc(C)c1I. The number of rotatable bonds is 6. The minimum Gasteiger partial charge on any atom is -0.335 e. The Bertz CT molecular complexity index is 432. The highest BCUT2D eigenvalue weighted by molar-refractivity contribution is 14.1. The van der Waals surface area contributed by atoms with Gasteiger partial charge in [0.2, 0.25) is 0 Å². The summed E-state index contributed by atoms with van der Waals surface area (Å²) in [5.41, 5.74) is 1.99. The predicted octanol–water partition coefficient (Wildman–Crippen LogP) is 4.63. The molecular weight excluding hydrogens is 417 g/mol. The Morgan fingerprint density at radius 3 is 2.53 bits per heavy atom. The lowest BCUT2D eigenvalue weighted by Crippen LogP contribution is -2.41. The summed E-state index contributed by atoms with van der Waals surface area (Å²) in [6, 6.07) is 6.26. The van der Waals surface area contributed by atoms with Crippen LogP contribution >= 0.6 is 38.5 Å². The molecule has 1 rings (SSSR count). The van der Waals surface area contributed by atoms with Gasteiger partial charge >= 0.3 is 0 Å². The van der Waals surface area contributed by atoms with Gasteiger partial charge in [0, 0.05) is 21.5 Å². The zero-order chi connectivity index (χ0) is 14.4. The van der Waals surface area contributed by atoms with Crippen LogP contribution in [0.3, 0.4) is 0 Å². The molecule has 1 amide bonds. The summed E-state index contributed by atoms with van der Waals surface area (Å²) in [6.45, 7) is 7.09. The van der Waals surface area contributed by atoms with Crippen molar-refractivity contribution >= 4 is 44.4 Å². The summed E-state index contributed by atoms with van der Waals surface area (Å²) in [4.78, 5) is 14.8. The number of nitrogens with zero attached hydrogens (tertiary/aromatic N) is 1. The summed E-state index contributed by atoms with van der Waals surface area (Å²) < 4.78 is 1.07. The first-order valence-corrected chi connectivity index (χ1v) is 8.88. The number of amides is 1. The fourth-order valence-electron chi connectivity index (χ4n) is 2.24. The summed E-state index contributed by atoms with van der Waals surface area (Å²) in [6.07, 6.45) is 2.00. The van der Waals surface area contributed by atoms with E-state index in [4.69, 9.17) is 0 Å². The van der Waals surface area contributed by atoms with Crippen LogP contribution in [0.15, 0.2) is 18.2 Å². The van der Waals surface area contributed by atoms with Gasteiger partial charge in [-0.05, 0) is 54.0 Å². The molecule has 0 unspecified atom stereocenters. The van der Waals surface area contributed by atoms with Crippen molar-refractivity contribution in [3.8, 4) is 0 Å². The minimum atomic E-state index is 0.154. The van der Waals surface area contributed by atoms with E-state index in [0.29, 0.717) is 6.04 Å². The molecule has 0 atom stereocenters. The molecule has 0 aliphatic rings. The lowest BCUT2D eigenvalue weighted by molar-refractivity contribution is 0.0681. The van der Waals surface area contributed by atoms with E-state index >= 15 is 0 Å². The van der Waals surface area contributed by atoms with Crippen LogP contribution in [0.1, 0.15) is 42.6 Å². The molecule has 1 aromatic rings.